The molecule has 0 atom stereocenters. The highest BCUT2D eigenvalue weighted by Crippen LogP contribution is 2.20. The van der Waals surface area contributed by atoms with Crippen LogP contribution in [0.5, 0.6) is 0 Å². The molecule has 6 heteroatoms. The Kier molecular flexibility index (Phi) is 3.74. The van der Waals surface area contributed by atoms with Crippen LogP contribution in [-0.4, -0.2) is 22.8 Å². The smallest absolute Gasteiger partial charge is 0.261 e. The lowest BCUT2D eigenvalue weighted by atomic mass is 10.1. The average Bonchev–Trinajstić information content (AvgIpc) is 3.32. The standard InChI is InChI=1S/C16H15N3O3/c20-14(18-11-6-7-11)10-3-1-4-12(9-10)19-16(22)13-5-2-8-17-15(13)21/h1-5,8-9,11H,6-7H2,(H,17,21)(H,18,20)(H,19,22). The van der Waals surface area contributed by atoms with Crippen LogP contribution in [0.2, 0.25) is 0 Å². The number of nitrogens with one attached hydrogen (secondary N) is 3. The zero-order valence-electron chi connectivity index (χ0n) is 11.8. The number of aromatic nitrogens is 1. The highest BCUT2D eigenvalue weighted by atomic mass is 16.2. The molecule has 0 aliphatic heterocycles. The summed E-state index contributed by atoms with van der Waals surface area (Å²) in [5, 5.41) is 5.51. The molecule has 3 rings (SSSR count). The van der Waals surface area contributed by atoms with Gasteiger partial charge in [-0.05, 0) is 43.2 Å². The Hall–Kier alpha value is -2.89. The predicted molar refractivity (Wildman–Crippen MR) is 81.9 cm³/mol. The number of pyridine rings is 1. The molecular formula is C16H15N3O3. The molecule has 1 fully saturated rings. The summed E-state index contributed by atoms with van der Waals surface area (Å²) in [5.41, 5.74) is 0.515. The van der Waals surface area contributed by atoms with Gasteiger partial charge in [0.25, 0.3) is 17.4 Å². The van der Waals surface area contributed by atoms with Gasteiger partial charge in [0.05, 0.1) is 0 Å². The fourth-order valence-corrected chi connectivity index (χ4v) is 2.03. The van der Waals surface area contributed by atoms with E-state index >= 15 is 0 Å². The van der Waals surface area contributed by atoms with E-state index in [1.54, 1.807) is 30.3 Å². The Labute approximate surface area is 126 Å². The van der Waals surface area contributed by atoms with E-state index in [4.69, 9.17) is 0 Å². The summed E-state index contributed by atoms with van der Waals surface area (Å²) < 4.78 is 0. The van der Waals surface area contributed by atoms with Gasteiger partial charge in [0.2, 0.25) is 0 Å². The molecule has 3 N–H and O–H groups in total. The van der Waals surface area contributed by atoms with Crippen molar-refractivity contribution in [3.63, 3.8) is 0 Å². The Morgan fingerprint density at radius 2 is 1.91 bits per heavy atom. The molecular weight excluding hydrogens is 282 g/mol. The van der Waals surface area contributed by atoms with Gasteiger partial charge in [0.15, 0.2) is 0 Å². The molecule has 1 aromatic heterocycles. The molecule has 1 aromatic carbocycles. The highest BCUT2D eigenvalue weighted by molar-refractivity contribution is 6.04. The quantitative estimate of drug-likeness (QED) is 0.799. The van der Waals surface area contributed by atoms with Crippen LogP contribution >= 0.6 is 0 Å². The summed E-state index contributed by atoms with van der Waals surface area (Å²) in [7, 11) is 0. The Balaban J connectivity index is 1.75. The molecule has 112 valence electrons. The van der Waals surface area contributed by atoms with Crippen molar-refractivity contribution in [2.24, 2.45) is 0 Å². The SMILES string of the molecule is O=C(NC1CC1)c1cccc(NC(=O)c2ccc[nH]c2=O)c1. The molecule has 0 saturated heterocycles. The maximum absolute atomic E-state index is 12.1. The van der Waals surface area contributed by atoms with Gasteiger partial charge in [-0.2, -0.15) is 0 Å². The number of carbonyl (C=O) groups excluding carboxylic acids is 2. The largest absolute Gasteiger partial charge is 0.349 e. The van der Waals surface area contributed by atoms with Gasteiger partial charge in [0, 0.05) is 23.5 Å². The van der Waals surface area contributed by atoms with Crippen LogP contribution < -0.4 is 16.2 Å². The summed E-state index contributed by atoms with van der Waals surface area (Å²) in [6.07, 6.45) is 3.49. The summed E-state index contributed by atoms with van der Waals surface area (Å²) in [6.45, 7) is 0. The summed E-state index contributed by atoms with van der Waals surface area (Å²) in [6, 6.07) is 9.92. The Morgan fingerprint density at radius 3 is 2.64 bits per heavy atom. The van der Waals surface area contributed by atoms with E-state index in [1.165, 1.54) is 12.3 Å². The first-order valence-corrected chi connectivity index (χ1v) is 7.03. The molecule has 22 heavy (non-hydrogen) atoms. The van der Waals surface area contributed by atoms with Crippen LogP contribution in [0.25, 0.3) is 0 Å². The minimum absolute atomic E-state index is 0.0235. The molecule has 0 unspecified atom stereocenters. The van der Waals surface area contributed by atoms with Gasteiger partial charge in [0.1, 0.15) is 5.56 Å². The summed E-state index contributed by atoms with van der Waals surface area (Å²) in [5.74, 6) is -0.669. The van der Waals surface area contributed by atoms with E-state index in [9.17, 15) is 14.4 Å². The number of carbonyl (C=O) groups is 2. The van der Waals surface area contributed by atoms with Gasteiger partial charge in [-0.15, -0.1) is 0 Å². The van der Waals surface area contributed by atoms with Crippen LogP contribution in [-0.2, 0) is 0 Å². The summed E-state index contributed by atoms with van der Waals surface area (Å²) in [4.78, 5) is 38.1. The first-order valence-electron chi connectivity index (χ1n) is 7.03. The van der Waals surface area contributed by atoms with Gasteiger partial charge in [-0.3, -0.25) is 14.4 Å². The van der Waals surface area contributed by atoms with E-state index in [1.807, 2.05) is 0 Å². The first kappa shape index (κ1) is 14.1. The van der Waals surface area contributed by atoms with Crippen molar-refractivity contribution >= 4 is 17.5 Å². The van der Waals surface area contributed by atoms with Crippen LogP contribution in [0.4, 0.5) is 5.69 Å². The minimum atomic E-state index is -0.512. The van der Waals surface area contributed by atoms with E-state index in [-0.39, 0.29) is 17.5 Å². The Morgan fingerprint density at radius 1 is 1.09 bits per heavy atom. The fourth-order valence-electron chi connectivity index (χ4n) is 2.03. The third kappa shape index (κ3) is 3.22. The van der Waals surface area contributed by atoms with Gasteiger partial charge < -0.3 is 15.6 Å². The second-order valence-electron chi connectivity index (χ2n) is 5.20. The average molecular weight is 297 g/mol. The molecule has 1 heterocycles. The lowest BCUT2D eigenvalue weighted by molar-refractivity contribution is 0.0949. The number of amides is 2. The highest BCUT2D eigenvalue weighted by Gasteiger charge is 2.23. The number of rotatable bonds is 4. The van der Waals surface area contributed by atoms with Crippen LogP contribution in [0.1, 0.15) is 33.6 Å². The normalized spacial score (nSPS) is 13.5. The van der Waals surface area contributed by atoms with Crippen molar-refractivity contribution in [2.45, 2.75) is 18.9 Å². The number of hydrogen-bond donors (Lipinski definition) is 3. The number of hydrogen-bond acceptors (Lipinski definition) is 3. The van der Waals surface area contributed by atoms with Gasteiger partial charge in [-0.1, -0.05) is 6.07 Å². The number of anilines is 1. The van der Waals surface area contributed by atoms with E-state index in [0.29, 0.717) is 11.3 Å². The van der Waals surface area contributed by atoms with Crippen LogP contribution in [0.15, 0.2) is 47.4 Å². The zero-order valence-corrected chi connectivity index (χ0v) is 11.8. The molecule has 1 aliphatic carbocycles. The van der Waals surface area contributed by atoms with Crippen LogP contribution in [0.3, 0.4) is 0 Å². The lowest BCUT2D eigenvalue weighted by Gasteiger charge is -2.07. The predicted octanol–water partition coefficient (Wildman–Crippen LogP) is 1.52. The van der Waals surface area contributed by atoms with Crippen molar-refractivity contribution < 1.29 is 9.59 Å². The van der Waals surface area contributed by atoms with Crippen molar-refractivity contribution in [3.05, 3.63) is 64.1 Å². The van der Waals surface area contributed by atoms with E-state index in [0.717, 1.165) is 12.8 Å². The second-order valence-corrected chi connectivity index (χ2v) is 5.20. The maximum Gasteiger partial charge on any atom is 0.261 e. The third-order valence-corrected chi connectivity index (χ3v) is 3.36. The monoisotopic (exact) mass is 297 g/mol. The third-order valence-electron chi connectivity index (χ3n) is 3.36. The Bertz CT molecular complexity index is 778. The number of H-pyrrole nitrogens is 1. The molecule has 6 nitrogen and oxygen atoms in total. The molecule has 0 spiro atoms. The summed E-state index contributed by atoms with van der Waals surface area (Å²) >= 11 is 0. The van der Waals surface area contributed by atoms with Crippen molar-refractivity contribution in [1.82, 2.24) is 10.3 Å². The van der Waals surface area contributed by atoms with E-state index in [2.05, 4.69) is 15.6 Å². The number of benzene rings is 1. The molecule has 1 aliphatic rings. The number of aromatic amines is 1. The maximum atomic E-state index is 12.1. The van der Waals surface area contributed by atoms with Crippen molar-refractivity contribution in [3.8, 4) is 0 Å². The minimum Gasteiger partial charge on any atom is -0.349 e. The second kappa shape index (κ2) is 5.85. The molecule has 2 amide bonds. The van der Waals surface area contributed by atoms with Crippen molar-refractivity contribution in [2.75, 3.05) is 5.32 Å². The zero-order chi connectivity index (χ0) is 15.5. The molecule has 2 aromatic rings. The topological polar surface area (TPSA) is 91.1 Å². The van der Waals surface area contributed by atoms with E-state index < -0.39 is 11.5 Å². The fraction of sp³-hybridized carbons (Fsp3) is 0.188. The van der Waals surface area contributed by atoms with Gasteiger partial charge >= 0.3 is 0 Å². The first-order chi connectivity index (χ1) is 10.6. The van der Waals surface area contributed by atoms with Crippen LogP contribution in [0, 0.1) is 0 Å². The van der Waals surface area contributed by atoms with Crippen molar-refractivity contribution in [1.29, 1.82) is 0 Å². The van der Waals surface area contributed by atoms with Gasteiger partial charge in [-0.25, -0.2) is 0 Å². The molecule has 1 saturated carbocycles. The molecule has 0 bridgehead atoms. The lowest BCUT2D eigenvalue weighted by Crippen LogP contribution is -2.26. The molecule has 0 radical (unpaired) electrons.